The van der Waals surface area contributed by atoms with Gasteiger partial charge < -0.3 is 15.6 Å². The Morgan fingerprint density at radius 3 is 2.57 bits per heavy atom. The maximum atomic E-state index is 13.2. The van der Waals surface area contributed by atoms with Crippen LogP contribution in [0.3, 0.4) is 0 Å². The average molecular weight is 327 g/mol. The molecule has 0 bridgehead atoms. The third kappa shape index (κ3) is 2.57. The number of H-pyrrole nitrogens is 1. The zero-order valence-corrected chi connectivity index (χ0v) is 12.2. The summed E-state index contributed by atoms with van der Waals surface area (Å²) in [5, 5.41) is 6.11. The van der Waals surface area contributed by atoms with E-state index in [2.05, 4.69) is 30.6 Å². The summed E-state index contributed by atoms with van der Waals surface area (Å²) in [4.78, 5) is 15.5. The van der Waals surface area contributed by atoms with Crippen molar-refractivity contribution < 1.29 is 4.39 Å². The van der Waals surface area contributed by atoms with Crippen molar-refractivity contribution in [3.63, 3.8) is 0 Å². The van der Waals surface area contributed by atoms with Crippen LogP contribution in [0.15, 0.2) is 18.5 Å². The molecule has 3 aromatic rings. The lowest BCUT2D eigenvalue weighted by molar-refractivity contribution is 0.628. The van der Waals surface area contributed by atoms with Crippen LogP contribution < -0.4 is 10.6 Å². The number of benzene rings is 1. The van der Waals surface area contributed by atoms with Crippen molar-refractivity contribution in [2.45, 2.75) is 0 Å². The second-order valence-corrected chi connectivity index (χ2v) is 4.93. The number of hydrogen-bond donors (Lipinski definition) is 3. The Morgan fingerprint density at radius 1 is 1.19 bits per heavy atom. The highest BCUT2D eigenvalue weighted by molar-refractivity contribution is 6.39. The van der Waals surface area contributed by atoms with Crippen LogP contribution >= 0.6 is 23.2 Å². The number of anilines is 3. The molecule has 0 aliphatic heterocycles. The van der Waals surface area contributed by atoms with Crippen molar-refractivity contribution in [2.24, 2.45) is 0 Å². The molecule has 0 radical (unpaired) electrons. The lowest BCUT2D eigenvalue weighted by Crippen LogP contribution is -2.02. The molecule has 0 saturated heterocycles. The quantitative estimate of drug-likeness (QED) is 0.685. The average Bonchev–Trinajstić information content (AvgIpc) is 2.90. The summed E-state index contributed by atoms with van der Waals surface area (Å²) in [6.07, 6.45) is 1.50. The Labute approximate surface area is 128 Å². The Kier molecular flexibility index (Phi) is 3.52. The van der Waals surface area contributed by atoms with Gasteiger partial charge in [-0.3, -0.25) is 0 Å². The molecule has 0 saturated carbocycles. The van der Waals surface area contributed by atoms with Gasteiger partial charge in [0.2, 0.25) is 5.95 Å². The van der Waals surface area contributed by atoms with Crippen molar-refractivity contribution >= 4 is 51.8 Å². The Hall–Kier alpha value is -2.12. The summed E-state index contributed by atoms with van der Waals surface area (Å²) in [7, 11) is 1.69. The van der Waals surface area contributed by atoms with E-state index in [1.165, 1.54) is 18.5 Å². The van der Waals surface area contributed by atoms with Crippen LogP contribution in [0.5, 0.6) is 0 Å². The number of aromatic nitrogens is 4. The first kappa shape index (κ1) is 13.8. The highest BCUT2D eigenvalue weighted by atomic mass is 35.5. The first-order valence-electron chi connectivity index (χ1n) is 5.89. The summed E-state index contributed by atoms with van der Waals surface area (Å²) in [6, 6.07) is 2.33. The Balaban J connectivity index is 2.11. The van der Waals surface area contributed by atoms with Gasteiger partial charge >= 0.3 is 0 Å². The van der Waals surface area contributed by atoms with Gasteiger partial charge in [-0.15, -0.1) is 0 Å². The van der Waals surface area contributed by atoms with E-state index >= 15 is 0 Å². The molecular weight excluding hydrogens is 318 g/mol. The summed E-state index contributed by atoms with van der Waals surface area (Å²) in [5.74, 6) is 0.296. The third-order valence-corrected chi connectivity index (χ3v) is 3.36. The van der Waals surface area contributed by atoms with Crippen LogP contribution in [-0.4, -0.2) is 27.0 Å². The van der Waals surface area contributed by atoms with Gasteiger partial charge in [-0.1, -0.05) is 23.2 Å². The molecule has 108 valence electrons. The van der Waals surface area contributed by atoms with Crippen LogP contribution in [0.25, 0.3) is 11.2 Å². The van der Waals surface area contributed by atoms with Gasteiger partial charge in [0.15, 0.2) is 11.5 Å². The number of aromatic amines is 1. The standard InChI is InChI=1S/C12H9Cl2FN6/c1-16-12-20-10-9(17-4-18-10)11(21-12)19-8-6(13)2-5(15)3-7(8)14/h2-4H,1H3,(H3,16,17,18,19,20,21). The van der Waals surface area contributed by atoms with Crippen LogP contribution in [0.4, 0.5) is 21.8 Å². The fourth-order valence-electron chi connectivity index (χ4n) is 1.82. The van der Waals surface area contributed by atoms with E-state index in [0.29, 0.717) is 28.6 Å². The first-order chi connectivity index (χ1) is 10.1. The zero-order chi connectivity index (χ0) is 15.0. The molecule has 9 heteroatoms. The summed E-state index contributed by atoms with van der Waals surface area (Å²) in [6.45, 7) is 0. The lowest BCUT2D eigenvalue weighted by Gasteiger charge is -2.11. The third-order valence-electron chi connectivity index (χ3n) is 2.76. The summed E-state index contributed by atoms with van der Waals surface area (Å²) >= 11 is 12.0. The molecule has 0 fully saturated rings. The molecule has 6 nitrogen and oxygen atoms in total. The molecule has 0 aliphatic rings. The van der Waals surface area contributed by atoms with Crippen molar-refractivity contribution in [1.29, 1.82) is 0 Å². The zero-order valence-electron chi connectivity index (χ0n) is 10.7. The molecule has 3 rings (SSSR count). The van der Waals surface area contributed by atoms with Crippen molar-refractivity contribution in [3.8, 4) is 0 Å². The van der Waals surface area contributed by atoms with Gasteiger partial charge in [-0.25, -0.2) is 9.37 Å². The Bertz CT molecular complexity index is 796. The minimum Gasteiger partial charge on any atom is -0.357 e. The number of rotatable bonds is 3. The second-order valence-electron chi connectivity index (χ2n) is 4.12. The van der Waals surface area contributed by atoms with Crippen LogP contribution in [0.1, 0.15) is 0 Å². The molecule has 1 aromatic carbocycles. The number of fused-ring (bicyclic) bond motifs is 1. The molecule has 0 aliphatic carbocycles. The number of nitrogens with one attached hydrogen (secondary N) is 3. The van der Waals surface area contributed by atoms with Gasteiger partial charge in [-0.05, 0) is 12.1 Å². The molecule has 2 heterocycles. The normalized spacial score (nSPS) is 10.9. The van der Waals surface area contributed by atoms with E-state index < -0.39 is 5.82 Å². The van der Waals surface area contributed by atoms with Crippen molar-refractivity contribution in [2.75, 3.05) is 17.7 Å². The summed E-state index contributed by atoms with van der Waals surface area (Å²) in [5.41, 5.74) is 1.42. The van der Waals surface area contributed by atoms with E-state index in [1.807, 2.05) is 0 Å². The maximum absolute atomic E-state index is 13.2. The van der Waals surface area contributed by atoms with Crippen LogP contribution in [0.2, 0.25) is 10.0 Å². The lowest BCUT2D eigenvalue weighted by atomic mass is 10.3. The van der Waals surface area contributed by atoms with E-state index in [9.17, 15) is 4.39 Å². The van der Waals surface area contributed by atoms with Gasteiger partial charge in [0.05, 0.1) is 22.1 Å². The predicted molar refractivity (Wildman–Crippen MR) is 80.9 cm³/mol. The second kappa shape index (κ2) is 5.34. The van der Waals surface area contributed by atoms with Gasteiger partial charge in [0.1, 0.15) is 11.3 Å². The largest absolute Gasteiger partial charge is 0.357 e. The van der Waals surface area contributed by atoms with E-state index in [-0.39, 0.29) is 10.0 Å². The van der Waals surface area contributed by atoms with E-state index in [1.54, 1.807) is 7.05 Å². The fraction of sp³-hybridized carbons (Fsp3) is 0.0833. The molecule has 3 N–H and O–H groups in total. The molecular formula is C12H9Cl2FN6. The topological polar surface area (TPSA) is 78.5 Å². The molecule has 0 unspecified atom stereocenters. The van der Waals surface area contributed by atoms with Gasteiger partial charge in [0.25, 0.3) is 0 Å². The molecule has 0 spiro atoms. The van der Waals surface area contributed by atoms with Crippen molar-refractivity contribution in [3.05, 3.63) is 34.3 Å². The summed E-state index contributed by atoms with van der Waals surface area (Å²) < 4.78 is 13.2. The molecule has 2 aromatic heterocycles. The number of imidazole rings is 1. The number of nitrogens with zero attached hydrogens (tertiary/aromatic N) is 3. The highest BCUT2D eigenvalue weighted by Gasteiger charge is 2.14. The minimum absolute atomic E-state index is 0.150. The van der Waals surface area contributed by atoms with Crippen LogP contribution in [0, 0.1) is 5.82 Å². The molecule has 0 amide bonds. The number of hydrogen-bond acceptors (Lipinski definition) is 5. The van der Waals surface area contributed by atoms with Gasteiger partial charge in [0, 0.05) is 7.05 Å². The van der Waals surface area contributed by atoms with Crippen LogP contribution in [-0.2, 0) is 0 Å². The fourth-order valence-corrected chi connectivity index (χ4v) is 2.37. The SMILES string of the molecule is CNc1nc(Nc2c(Cl)cc(F)cc2Cl)c2[nH]cnc2n1. The minimum atomic E-state index is -0.513. The van der Waals surface area contributed by atoms with Crippen molar-refractivity contribution in [1.82, 2.24) is 19.9 Å². The van der Waals surface area contributed by atoms with E-state index in [0.717, 1.165) is 0 Å². The van der Waals surface area contributed by atoms with E-state index in [4.69, 9.17) is 23.2 Å². The smallest absolute Gasteiger partial charge is 0.226 e. The van der Waals surface area contributed by atoms with Gasteiger partial charge in [-0.2, -0.15) is 9.97 Å². The monoisotopic (exact) mass is 326 g/mol. The number of halogens is 3. The molecule has 21 heavy (non-hydrogen) atoms. The molecule has 0 atom stereocenters. The first-order valence-corrected chi connectivity index (χ1v) is 6.64. The Morgan fingerprint density at radius 2 is 1.90 bits per heavy atom. The highest BCUT2D eigenvalue weighted by Crippen LogP contribution is 2.34. The predicted octanol–water partition coefficient (Wildman–Crippen LogP) is 3.58. The maximum Gasteiger partial charge on any atom is 0.226 e.